The van der Waals surface area contributed by atoms with E-state index in [1.807, 2.05) is 19.1 Å². The van der Waals surface area contributed by atoms with Crippen LogP contribution in [0.1, 0.15) is 5.56 Å². The number of carbonyl (C=O) groups is 2. The van der Waals surface area contributed by atoms with Crippen molar-refractivity contribution in [2.75, 3.05) is 26.6 Å². The molecule has 0 bridgehead atoms. The standard InChI is InChI=1S/C14H18N2O4/c1-9-5-6-12(19-3)10(7-9)16-11(14(18)15-2)8-13(17)20-4/h5-8,16H,1-4H3,(H,15,18)/b11-8-. The largest absolute Gasteiger partial charge is 0.495 e. The van der Waals surface area contributed by atoms with Crippen LogP contribution in [0.15, 0.2) is 30.0 Å². The number of likely N-dealkylation sites (N-methyl/N-ethyl adjacent to an activating group) is 1. The van der Waals surface area contributed by atoms with Crippen LogP contribution in [0.5, 0.6) is 5.75 Å². The Morgan fingerprint density at radius 2 is 1.95 bits per heavy atom. The molecule has 0 aliphatic heterocycles. The lowest BCUT2D eigenvalue weighted by Gasteiger charge is -2.13. The fraction of sp³-hybridized carbons (Fsp3) is 0.286. The number of rotatable bonds is 5. The predicted octanol–water partition coefficient (Wildman–Crippen LogP) is 1.22. The molecule has 0 unspecified atom stereocenters. The number of nitrogens with one attached hydrogen (secondary N) is 2. The van der Waals surface area contributed by atoms with Crippen LogP contribution in [0.25, 0.3) is 0 Å². The molecule has 0 aromatic heterocycles. The molecule has 2 N–H and O–H groups in total. The number of hydrogen-bond donors (Lipinski definition) is 2. The van der Waals surface area contributed by atoms with Crippen LogP contribution in [0.4, 0.5) is 5.69 Å². The zero-order valence-corrected chi connectivity index (χ0v) is 11.9. The Balaban J connectivity index is 3.13. The third kappa shape index (κ3) is 4.01. The van der Waals surface area contributed by atoms with Crippen LogP contribution in [0.3, 0.4) is 0 Å². The maximum absolute atomic E-state index is 11.8. The van der Waals surface area contributed by atoms with Crippen LogP contribution >= 0.6 is 0 Å². The first kappa shape index (κ1) is 15.6. The van der Waals surface area contributed by atoms with Gasteiger partial charge in [0.1, 0.15) is 11.4 Å². The van der Waals surface area contributed by atoms with Gasteiger partial charge in [0.15, 0.2) is 0 Å². The molecule has 6 heteroatoms. The quantitative estimate of drug-likeness (QED) is 0.625. The molecule has 0 spiro atoms. The first-order valence-electron chi connectivity index (χ1n) is 5.95. The van der Waals surface area contributed by atoms with Gasteiger partial charge in [-0.15, -0.1) is 0 Å². The van der Waals surface area contributed by atoms with E-state index in [4.69, 9.17) is 4.74 Å². The average molecular weight is 278 g/mol. The van der Waals surface area contributed by atoms with Crippen molar-refractivity contribution in [3.63, 3.8) is 0 Å². The van der Waals surface area contributed by atoms with E-state index in [0.717, 1.165) is 11.6 Å². The molecular weight excluding hydrogens is 260 g/mol. The summed E-state index contributed by atoms with van der Waals surface area (Å²) in [7, 11) is 4.25. The molecule has 0 atom stereocenters. The second-order valence-electron chi connectivity index (χ2n) is 3.99. The summed E-state index contributed by atoms with van der Waals surface area (Å²) < 4.78 is 9.74. The first-order chi connectivity index (χ1) is 9.51. The van der Waals surface area contributed by atoms with Gasteiger partial charge in [0.2, 0.25) is 0 Å². The summed E-state index contributed by atoms with van der Waals surface area (Å²) in [4.78, 5) is 23.1. The highest BCUT2D eigenvalue weighted by atomic mass is 16.5. The van der Waals surface area contributed by atoms with Gasteiger partial charge in [0.05, 0.1) is 26.0 Å². The summed E-state index contributed by atoms with van der Waals surface area (Å²) in [6.45, 7) is 1.91. The van der Waals surface area contributed by atoms with Gasteiger partial charge in [0.25, 0.3) is 5.91 Å². The highest BCUT2D eigenvalue weighted by molar-refractivity contribution is 6.01. The fourth-order valence-corrected chi connectivity index (χ4v) is 1.53. The summed E-state index contributed by atoms with van der Waals surface area (Å²) in [6.07, 6.45) is 1.08. The number of hydrogen-bond acceptors (Lipinski definition) is 5. The van der Waals surface area contributed by atoms with E-state index in [1.54, 1.807) is 6.07 Å². The fourth-order valence-electron chi connectivity index (χ4n) is 1.53. The molecular formula is C14H18N2O4. The number of benzene rings is 1. The molecule has 20 heavy (non-hydrogen) atoms. The molecule has 1 aromatic carbocycles. The number of ether oxygens (including phenoxy) is 2. The van der Waals surface area contributed by atoms with E-state index < -0.39 is 11.9 Å². The van der Waals surface area contributed by atoms with E-state index in [2.05, 4.69) is 15.4 Å². The van der Waals surface area contributed by atoms with Crippen molar-refractivity contribution in [3.05, 3.63) is 35.5 Å². The average Bonchev–Trinajstić information content (AvgIpc) is 2.45. The summed E-state index contributed by atoms with van der Waals surface area (Å²) in [5, 5.41) is 5.33. The number of carbonyl (C=O) groups excluding carboxylic acids is 2. The van der Waals surface area contributed by atoms with Crippen LogP contribution in [0, 0.1) is 6.92 Å². The number of methoxy groups -OCH3 is 2. The minimum Gasteiger partial charge on any atom is -0.495 e. The van der Waals surface area contributed by atoms with E-state index in [1.165, 1.54) is 21.3 Å². The van der Waals surface area contributed by atoms with Crippen LogP contribution in [-0.4, -0.2) is 33.1 Å². The summed E-state index contributed by atoms with van der Waals surface area (Å²) >= 11 is 0. The van der Waals surface area contributed by atoms with Gasteiger partial charge in [-0.25, -0.2) is 4.79 Å². The Labute approximate surface area is 117 Å². The SMILES string of the molecule is CNC(=O)/C(=C/C(=O)OC)Nc1cc(C)ccc1OC. The van der Waals surface area contributed by atoms with Crippen molar-refractivity contribution >= 4 is 17.6 Å². The zero-order valence-electron chi connectivity index (χ0n) is 11.9. The number of esters is 1. The van der Waals surface area contributed by atoms with Gasteiger partial charge in [-0.05, 0) is 24.6 Å². The minimum atomic E-state index is -0.622. The molecule has 1 amide bonds. The second kappa shape index (κ2) is 7.18. The van der Waals surface area contributed by atoms with Gasteiger partial charge >= 0.3 is 5.97 Å². The van der Waals surface area contributed by atoms with Gasteiger partial charge < -0.3 is 20.1 Å². The van der Waals surface area contributed by atoms with Gasteiger partial charge in [0, 0.05) is 7.05 Å². The maximum atomic E-state index is 11.8. The second-order valence-corrected chi connectivity index (χ2v) is 3.99. The Morgan fingerprint density at radius 1 is 1.25 bits per heavy atom. The zero-order chi connectivity index (χ0) is 15.1. The van der Waals surface area contributed by atoms with E-state index in [0.29, 0.717) is 11.4 Å². The predicted molar refractivity (Wildman–Crippen MR) is 75.5 cm³/mol. The number of anilines is 1. The molecule has 0 aliphatic carbocycles. The van der Waals surface area contributed by atoms with Crippen molar-refractivity contribution in [2.45, 2.75) is 6.92 Å². The molecule has 0 saturated carbocycles. The summed E-state index contributed by atoms with van der Waals surface area (Å²) in [5.41, 5.74) is 1.65. The van der Waals surface area contributed by atoms with Gasteiger partial charge in [-0.1, -0.05) is 6.07 Å². The summed E-state index contributed by atoms with van der Waals surface area (Å²) in [5.74, 6) is -0.489. The van der Waals surface area contributed by atoms with Crippen LogP contribution in [-0.2, 0) is 14.3 Å². The maximum Gasteiger partial charge on any atom is 0.332 e. The Morgan fingerprint density at radius 3 is 2.50 bits per heavy atom. The van der Waals surface area contributed by atoms with Crippen LogP contribution < -0.4 is 15.4 Å². The summed E-state index contributed by atoms with van der Waals surface area (Å²) in [6, 6.07) is 5.47. The van der Waals surface area contributed by atoms with Gasteiger partial charge in [-0.3, -0.25) is 4.79 Å². The number of aryl methyl sites for hydroxylation is 1. The van der Waals surface area contributed by atoms with Crippen molar-refractivity contribution in [1.29, 1.82) is 0 Å². The molecule has 0 radical (unpaired) electrons. The first-order valence-corrected chi connectivity index (χ1v) is 5.95. The Bertz CT molecular complexity index is 538. The third-order valence-electron chi connectivity index (χ3n) is 2.56. The van der Waals surface area contributed by atoms with Crippen molar-refractivity contribution in [2.24, 2.45) is 0 Å². The lowest BCUT2D eigenvalue weighted by molar-refractivity contribution is -0.135. The molecule has 0 saturated heterocycles. The molecule has 1 aromatic rings. The smallest absolute Gasteiger partial charge is 0.332 e. The molecule has 0 aliphatic rings. The van der Waals surface area contributed by atoms with Gasteiger partial charge in [-0.2, -0.15) is 0 Å². The van der Waals surface area contributed by atoms with E-state index in [9.17, 15) is 9.59 Å². The minimum absolute atomic E-state index is 0.0725. The Kier molecular flexibility index (Phi) is 5.58. The lowest BCUT2D eigenvalue weighted by Crippen LogP contribution is -2.25. The van der Waals surface area contributed by atoms with Crippen molar-refractivity contribution in [3.8, 4) is 5.75 Å². The molecule has 1 rings (SSSR count). The normalized spacial score (nSPS) is 10.7. The lowest BCUT2D eigenvalue weighted by atomic mass is 10.2. The molecule has 0 heterocycles. The molecule has 108 valence electrons. The monoisotopic (exact) mass is 278 g/mol. The molecule has 6 nitrogen and oxygen atoms in total. The van der Waals surface area contributed by atoms with E-state index in [-0.39, 0.29) is 5.70 Å². The molecule has 0 fully saturated rings. The van der Waals surface area contributed by atoms with Crippen molar-refractivity contribution in [1.82, 2.24) is 5.32 Å². The van der Waals surface area contributed by atoms with Crippen LogP contribution in [0.2, 0.25) is 0 Å². The van der Waals surface area contributed by atoms with E-state index >= 15 is 0 Å². The Hall–Kier alpha value is -2.50. The topological polar surface area (TPSA) is 76.7 Å². The highest BCUT2D eigenvalue weighted by Crippen LogP contribution is 2.26. The highest BCUT2D eigenvalue weighted by Gasteiger charge is 2.13. The number of amides is 1. The third-order valence-corrected chi connectivity index (χ3v) is 2.56. The van der Waals surface area contributed by atoms with Crippen molar-refractivity contribution < 1.29 is 19.1 Å².